The van der Waals surface area contributed by atoms with Crippen molar-refractivity contribution in [3.63, 3.8) is 0 Å². The molecule has 4 heteroatoms. The molecule has 1 aromatic carbocycles. The highest BCUT2D eigenvalue weighted by Gasteiger charge is 2.20. The molecule has 1 amide bonds. The number of carbonyl (C=O) groups excluding carboxylic acids is 1. The van der Waals surface area contributed by atoms with E-state index in [9.17, 15) is 4.79 Å². The second kappa shape index (κ2) is 8.67. The predicted molar refractivity (Wildman–Crippen MR) is 78.7 cm³/mol. The Bertz CT molecular complexity index is 367. The number of nitrogens with zero attached hydrogens (tertiary/aromatic N) is 1. The van der Waals surface area contributed by atoms with Gasteiger partial charge in [-0.05, 0) is 32.4 Å². The smallest absolute Gasteiger partial charge is 0.237 e. The number of rotatable bonds is 8. The number of benzene rings is 1. The molecular formula is C15H25N3O. The standard InChI is InChI=1S/C15H25N3O/c1-3-17-15(19)13(2)18(11-7-10-16)12-14-8-5-4-6-9-14/h4-6,8-9,13H,3,7,10-12,16H2,1-2H3,(H,17,19). The van der Waals surface area contributed by atoms with Crippen molar-refractivity contribution in [2.75, 3.05) is 19.6 Å². The Morgan fingerprint density at radius 1 is 1.37 bits per heavy atom. The zero-order chi connectivity index (χ0) is 14.1. The van der Waals surface area contributed by atoms with Crippen molar-refractivity contribution in [2.45, 2.75) is 32.9 Å². The molecule has 3 N–H and O–H groups in total. The van der Waals surface area contributed by atoms with E-state index in [4.69, 9.17) is 5.73 Å². The molecular weight excluding hydrogens is 238 g/mol. The lowest BCUT2D eigenvalue weighted by atomic mass is 10.1. The molecule has 1 aromatic rings. The summed E-state index contributed by atoms with van der Waals surface area (Å²) in [6.07, 6.45) is 0.899. The molecule has 106 valence electrons. The van der Waals surface area contributed by atoms with Crippen LogP contribution in [0.25, 0.3) is 0 Å². The van der Waals surface area contributed by atoms with E-state index in [2.05, 4.69) is 22.3 Å². The summed E-state index contributed by atoms with van der Waals surface area (Å²) in [6.45, 7) is 6.81. The Hall–Kier alpha value is -1.39. The molecule has 1 unspecified atom stereocenters. The molecule has 0 bridgehead atoms. The van der Waals surface area contributed by atoms with Crippen LogP contribution in [-0.2, 0) is 11.3 Å². The van der Waals surface area contributed by atoms with Crippen LogP contribution in [0.3, 0.4) is 0 Å². The maximum absolute atomic E-state index is 12.0. The van der Waals surface area contributed by atoms with Gasteiger partial charge in [-0.1, -0.05) is 30.3 Å². The summed E-state index contributed by atoms with van der Waals surface area (Å²) >= 11 is 0. The zero-order valence-corrected chi connectivity index (χ0v) is 11.9. The highest BCUT2D eigenvalue weighted by atomic mass is 16.2. The van der Waals surface area contributed by atoms with Gasteiger partial charge in [0.05, 0.1) is 6.04 Å². The van der Waals surface area contributed by atoms with Crippen molar-refractivity contribution >= 4 is 5.91 Å². The molecule has 1 rings (SSSR count). The molecule has 0 saturated heterocycles. The SMILES string of the molecule is CCNC(=O)C(C)N(CCCN)Cc1ccccc1. The summed E-state index contributed by atoms with van der Waals surface area (Å²) in [7, 11) is 0. The Balaban J connectivity index is 2.68. The number of nitrogens with two attached hydrogens (primary N) is 1. The highest BCUT2D eigenvalue weighted by Crippen LogP contribution is 2.09. The first kappa shape index (κ1) is 15.7. The third-order valence-electron chi connectivity index (χ3n) is 3.16. The highest BCUT2D eigenvalue weighted by molar-refractivity contribution is 5.81. The molecule has 0 aromatic heterocycles. The molecule has 0 aliphatic rings. The van der Waals surface area contributed by atoms with Crippen LogP contribution in [0, 0.1) is 0 Å². The largest absolute Gasteiger partial charge is 0.355 e. The monoisotopic (exact) mass is 263 g/mol. The lowest BCUT2D eigenvalue weighted by Crippen LogP contribution is -2.45. The number of hydrogen-bond donors (Lipinski definition) is 2. The summed E-state index contributed by atoms with van der Waals surface area (Å²) in [6, 6.07) is 10.1. The molecule has 1 atom stereocenters. The van der Waals surface area contributed by atoms with Crippen molar-refractivity contribution in [1.29, 1.82) is 0 Å². The normalized spacial score (nSPS) is 12.4. The number of carbonyl (C=O) groups is 1. The number of likely N-dealkylation sites (N-methyl/N-ethyl adjacent to an activating group) is 1. The van der Waals surface area contributed by atoms with E-state index >= 15 is 0 Å². The topological polar surface area (TPSA) is 58.4 Å². The summed E-state index contributed by atoms with van der Waals surface area (Å²) in [4.78, 5) is 14.1. The van der Waals surface area contributed by atoms with Gasteiger partial charge in [-0.3, -0.25) is 9.69 Å². The van der Waals surface area contributed by atoms with Crippen LogP contribution in [0.15, 0.2) is 30.3 Å². The van der Waals surface area contributed by atoms with E-state index in [1.54, 1.807) is 0 Å². The zero-order valence-electron chi connectivity index (χ0n) is 11.9. The van der Waals surface area contributed by atoms with Gasteiger partial charge >= 0.3 is 0 Å². The predicted octanol–water partition coefficient (Wildman–Crippen LogP) is 1.36. The van der Waals surface area contributed by atoms with Crippen LogP contribution in [0.2, 0.25) is 0 Å². The summed E-state index contributed by atoms with van der Waals surface area (Å²) in [5.74, 6) is 0.0791. The Morgan fingerprint density at radius 3 is 2.63 bits per heavy atom. The minimum absolute atomic E-state index is 0.0791. The van der Waals surface area contributed by atoms with Gasteiger partial charge in [0, 0.05) is 19.6 Å². The molecule has 0 fully saturated rings. The fraction of sp³-hybridized carbons (Fsp3) is 0.533. The van der Waals surface area contributed by atoms with Crippen LogP contribution in [0.5, 0.6) is 0 Å². The first-order valence-electron chi connectivity index (χ1n) is 6.94. The second-order valence-corrected chi connectivity index (χ2v) is 4.67. The van der Waals surface area contributed by atoms with E-state index in [0.717, 1.165) is 19.5 Å². The van der Waals surface area contributed by atoms with Crippen molar-refractivity contribution in [1.82, 2.24) is 10.2 Å². The van der Waals surface area contributed by atoms with Crippen LogP contribution < -0.4 is 11.1 Å². The molecule has 19 heavy (non-hydrogen) atoms. The van der Waals surface area contributed by atoms with Crippen LogP contribution in [0.1, 0.15) is 25.8 Å². The van der Waals surface area contributed by atoms with Crippen LogP contribution in [0.4, 0.5) is 0 Å². The lowest BCUT2D eigenvalue weighted by molar-refractivity contribution is -0.126. The van der Waals surface area contributed by atoms with Crippen molar-refractivity contribution < 1.29 is 4.79 Å². The van der Waals surface area contributed by atoms with E-state index in [0.29, 0.717) is 13.1 Å². The quantitative estimate of drug-likeness (QED) is 0.744. The average Bonchev–Trinajstić information content (AvgIpc) is 2.44. The second-order valence-electron chi connectivity index (χ2n) is 4.67. The van der Waals surface area contributed by atoms with Crippen molar-refractivity contribution in [3.05, 3.63) is 35.9 Å². The minimum Gasteiger partial charge on any atom is -0.355 e. The molecule has 0 aliphatic carbocycles. The number of hydrogen-bond acceptors (Lipinski definition) is 3. The summed E-state index contributed by atoms with van der Waals surface area (Å²) < 4.78 is 0. The van der Waals surface area contributed by atoms with Crippen LogP contribution in [-0.4, -0.2) is 36.5 Å². The van der Waals surface area contributed by atoms with E-state index in [-0.39, 0.29) is 11.9 Å². The third-order valence-corrected chi connectivity index (χ3v) is 3.16. The minimum atomic E-state index is -0.133. The maximum atomic E-state index is 12.0. The van der Waals surface area contributed by atoms with Gasteiger partial charge in [-0.2, -0.15) is 0 Å². The van der Waals surface area contributed by atoms with E-state index in [1.165, 1.54) is 5.56 Å². The first-order valence-corrected chi connectivity index (χ1v) is 6.94. The fourth-order valence-electron chi connectivity index (χ4n) is 2.01. The maximum Gasteiger partial charge on any atom is 0.237 e. The van der Waals surface area contributed by atoms with E-state index < -0.39 is 0 Å². The number of nitrogens with one attached hydrogen (secondary N) is 1. The Kier molecular flexibility index (Phi) is 7.15. The molecule has 0 spiro atoms. The van der Waals surface area contributed by atoms with E-state index in [1.807, 2.05) is 32.0 Å². The molecule has 0 aliphatic heterocycles. The van der Waals surface area contributed by atoms with Crippen molar-refractivity contribution in [2.24, 2.45) is 5.73 Å². The molecule has 0 heterocycles. The summed E-state index contributed by atoms with van der Waals surface area (Å²) in [5.41, 5.74) is 6.80. The van der Waals surface area contributed by atoms with Gasteiger partial charge in [-0.15, -0.1) is 0 Å². The Labute approximate surface area is 116 Å². The number of amides is 1. The first-order chi connectivity index (χ1) is 9.19. The van der Waals surface area contributed by atoms with Gasteiger partial charge in [0.15, 0.2) is 0 Å². The van der Waals surface area contributed by atoms with Gasteiger partial charge in [0.1, 0.15) is 0 Å². The van der Waals surface area contributed by atoms with Crippen molar-refractivity contribution in [3.8, 4) is 0 Å². The molecule has 4 nitrogen and oxygen atoms in total. The fourth-order valence-corrected chi connectivity index (χ4v) is 2.01. The van der Waals surface area contributed by atoms with Crippen LogP contribution >= 0.6 is 0 Å². The average molecular weight is 263 g/mol. The molecule has 0 saturated carbocycles. The van der Waals surface area contributed by atoms with Gasteiger partial charge in [-0.25, -0.2) is 0 Å². The van der Waals surface area contributed by atoms with Gasteiger partial charge in [0.2, 0.25) is 5.91 Å². The van der Waals surface area contributed by atoms with Gasteiger partial charge < -0.3 is 11.1 Å². The third kappa shape index (κ3) is 5.41. The van der Waals surface area contributed by atoms with Gasteiger partial charge in [0.25, 0.3) is 0 Å². The lowest BCUT2D eigenvalue weighted by Gasteiger charge is -2.28. The Morgan fingerprint density at radius 2 is 2.05 bits per heavy atom. The molecule has 0 radical (unpaired) electrons. The summed E-state index contributed by atoms with van der Waals surface area (Å²) in [5, 5.41) is 2.88.